The van der Waals surface area contributed by atoms with Crippen LogP contribution in [0.1, 0.15) is 11.3 Å². The molecule has 0 aliphatic heterocycles. The van der Waals surface area contributed by atoms with Gasteiger partial charge in [0.1, 0.15) is 5.75 Å². The van der Waals surface area contributed by atoms with E-state index in [0.29, 0.717) is 0 Å². The second-order valence-corrected chi connectivity index (χ2v) is 2.83. The van der Waals surface area contributed by atoms with Crippen LogP contribution in [-0.2, 0) is 5.33 Å². The first kappa shape index (κ1) is 8.53. The van der Waals surface area contributed by atoms with Gasteiger partial charge < -0.3 is 4.74 Å². The summed E-state index contributed by atoms with van der Waals surface area (Å²) >= 11 is 3.35. The quantitative estimate of drug-likeness (QED) is 0.707. The van der Waals surface area contributed by atoms with Crippen LogP contribution in [0.15, 0.2) is 12.3 Å². The highest BCUT2D eigenvalue weighted by molar-refractivity contribution is 9.08. The van der Waals surface area contributed by atoms with Gasteiger partial charge in [-0.2, -0.15) is 0 Å². The van der Waals surface area contributed by atoms with Crippen LogP contribution in [-0.4, -0.2) is 12.1 Å². The molecule has 0 atom stereocenters. The average Bonchev–Trinajstić information content (AvgIpc) is 2.04. The lowest BCUT2D eigenvalue weighted by molar-refractivity contribution is 0.410. The van der Waals surface area contributed by atoms with Gasteiger partial charge in [-0.05, 0) is 6.92 Å². The van der Waals surface area contributed by atoms with E-state index in [0.717, 1.165) is 22.3 Å². The summed E-state index contributed by atoms with van der Waals surface area (Å²) in [7, 11) is 1.67. The lowest BCUT2D eigenvalue weighted by Crippen LogP contribution is -1.92. The molecule has 0 radical (unpaired) electrons. The molecule has 0 saturated heterocycles. The minimum Gasteiger partial charge on any atom is -0.496 e. The number of aromatic nitrogens is 1. The number of nitrogens with zero attached hydrogens (tertiary/aromatic N) is 1. The van der Waals surface area contributed by atoms with Gasteiger partial charge in [-0.25, -0.2) is 0 Å². The molecule has 0 amide bonds. The lowest BCUT2D eigenvalue weighted by Gasteiger charge is -2.04. The van der Waals surface area contributed by atoms with Crippen molar-refractivity contribution in [1.29, 1.82) is 0 Å². The van der Waals surface area contributed by atoms with E-state index in [9.17, 15) is 0 Å². The van der Waals surface area contributed by atoms with Gasteiger partial charge in [-0.15, -0.1) is 0 Å². The first-order chi connectivity index (χ1) is 5.27. The molecule has 0 spiro atoms. The molecule has 3 heteroatoms. The van der Waals surface area contributed by atoms with Crippen LogP contribution in [0.3, 0.4) is 0 Å². The normalized spacial score (nSPS) is 9.73. The SMILES string of the molecule is COc1cc(C)ncc1CBr. The predicted octanol–water partition coefficient (Wildman–Crippen LogP) is 2.29. The number of hydrogen-bond donors (Lipinski definition) is 0. The molecule has 0 saturated carbocycles. The molecule has 0 bridgehead atoms. The van der Waals surface area contributed by atoms with Crippen LogP contribution < -0.4 is 4.74 Å². The molecular weight excluding hydrogens is 206 g/mol. The van der Waals surface area contributed by atoms with Crippen LogP contribution >= 0.6 is 15.9 Å². The zero-order chi connectivity index (χ0) is 8.27. The van der Waals surface area contributed by atoms with Gasteiger partial charge in [-0.1, -0.05) is 15.9 Å². The van der Waals surface area contributed by atoms with Crippen molar-refractivity contribution in [2.75, 3.05) is 7.11 Å². The summed E-state index contributed by atoms with van der Waals surface area (Å²) in [5.41, 5.74) is 2.06. The van der Waals surface area contributed by atoms with Gasteiger partial charge in [-0.3, -0.25) is 4.98 Å². The maximum Gasteiger partial charge on any atom is 0.126 e. The Balaban J connectivity index is 3.06. The van der Waals surface area contributed by atoms with E-state index in [2.05, 4.69) is 20.9 Å². The third kappa shape index (κ3) is 1.93. The highest BCUT2D eigenvalue weighted by atomic mass is 79.9. The molecule has 1 aromatic heterocycles. The minimum atomic E-state index is 0.781. The molecule has 0 aliphatic carbocycles. The first-order valence-corrected chi connectivity index (χ1v) is 4.45. The van der Waals surface area contributed by atoms with Crippen molar-refractivity contribution >= 4 is 15.9 Å². The Labute approximate surface area is 74.7 Å². The Kier molecular flexibility index (Phi) is 2.88. The van der Waals surface area contributed by atoms with Gasteiger partial charge >= 0.3 is 0 Å². The zero-order valence-electron chi connectivity index (χ0n) is 6.60. The topological polar surface area (TPSA) is 22.1 Å². The molecular formula is C8H10BrNO. The van der Waals surface area contributed by atoms with Gasteiger partial charge in [0.25, 0.3) is 0 Å². The van der Waals surface area contributed by atoms with Crippen LogP contribution in [0.5, 0.6) is 5.75 Å². The second kappa shape index (κ2) is 3.72. The number of ether oxygens (including phenoxy) is 1. The maximum atomic E-state index is 5.15. The molecule has 0 fully saturated rings. The van der Waals surface area contributed by atoms with E-state index >= 15 is 0 Å². The fraction of sp³-hybridized carbons (Fsp3) is 0.375. The molecule has 0 N–H and O–H groups in total. The Morgan fingerprint density at radius 3 is 2.91 bits per heavy atom. The lowest BCUT2D eigenvalue weighted by atomic mass is 10.2. The smallest absolute Gasteiger partial charge is 0.126 e. The van der Waals surface area contributed by atoms with E-state index < -0.39 is 0 Å². The van der Waals surface area contributed by atoms with Crippen LogP contribution in [0.4, 0.5) is 0 Å². The first-order valence-electron chi connectivity index (χ1n) is 3.33. The molecule has 0 aromatic carbocycles. The van der Waals surface area contributed by atoms with Gasteiger partial charge in [0.05, 0.1) is 7.11 Å². The molecule has 0 unspecified atom stereocenters. The largest absolute Gasteiger partial charge is 0.496 e. The van der Waals surface area contributed by atoms with Crippen molar-refractivity contribution < 1.29 is 4.74 Å². The molecule has 1 aromatic rings. The number of aryl methyl sites for hydroxylation is 1. The zero-order valence-corrected chi connectivity index (χ0v) is 8.18. The maximum absolute atomic E-state index is 5.15. The Morgan fingerprint density at radius 2 is 2.36 bits per heavy atom. The summed E-state index contributed by atoms with van der Waals surface area (Å²) in [6.07, 6.45) is 1.82. The van der Waals surface area contributed by atoms with Gasteiger partial charge in [0, 0.05) is 28.9 Å². The average molecular weight is 216 g/mol. The van der Waals surface area contributed by atoms with E-state index in [1.807, 2.05) is 19.2 Å². The van der Waals surface area contributed by atoms with E-state index in [1.54, 1.807) is 7.11 Å². The van der Waals surface area contributed by atoms with Gasteiger partial charge in [0.2, 0.25) is 0 Å². The molecule has 11 heavy (non-hydrogen) atoms. The summed E-state index contributed by atoms with van der Waals surface area (Å²) in [5.74, 6) is 0.898. The molecule has 1 heterocycles. The highest BCUT2D eigenvalue weighted by Crippen LogP contribution is 2.19. The van der Waals surface area contributed by atoms with Crippen LogP contribution in [0.2, 0.25) is 0 Å². The number of methoxy groups -OCH3 is 1. The van der Waals surface area contributed by atoms with Crippen LogP contribution in [0, 0.1) is 6.92 Å². The van der Waals surface area contributed by atoms with Crippen molar-refractivity contribution in [2.45, 2.75) is 12.3 Å². The predicted molar refractivity (Wildman–Crippen MR) is 48.2 cm³/mol. The summed E-state index contributed by atoms with van der Waals surface area (Å²) in [5, 5.41) is 0.781. The Morgan fingerprint density at radius 1 is 1.64 bits per heavy atom. The fourth-order valence-corrected chi connectivity index (χ4v) is 1.27. The van der Waals surface area contributed by atoms with Gasteiger partial charge in [0.15, 0.2) is 0 Å². The third-order valence-corrected chi connectivity index (χ3v) is 2.05. The summed E-state index contributed by atoms with van der Waals surface area (Å²) < 4.78 is 5.15. The molecule has 1 rings (SSSR count). The Hall–Kier alpha value is -0.570. The van der Waals surface area contributed by atoms with E-state index in [4.69, 9.17) is 4.74 Å². The molecule has 60 valence electrons. The summed E-state index contributed by atoms with van der Waals surface area (Å²) in [6, 6.07) is 1.93. The van der Waals surface area contributed by atoms with Crippen molar-refractivity contribution in [2.24, 2.45) is 0 Å². The molecule has 0 aliphatic rings. The Bertz CT molecular complexity index is 250. The van der Waals surface area contributed by atoms with Crippen molar-refractivity contribution in [3.05, 3.63) is 23.5 Å². The number of pyridine rings is 1. The number of hydrogen-bond acceptors (Lipinski definition) is 2. The van der Waals surface area contributed by atoms with Crippen molar-refractivity contribution in [3.63, 3.8) is 0 Å². The van der Waals surface area contributed by atoms with Crippen molar-refractivity contribution in [1.82, 2.24) is 4.98 Å². The number of rotatable bonds is 2. The number of halogens is 1. The van der Waals surface area contributed by atoms with Crippen molar-refractivity contribution in [3.8, 4) is 5.75 Å². The number of alkyl halides is 1. The fourth-order valence-electron chi connectivity index (χ4n) is 0.853. The summed E-state index contributed by atoms with van der Waals surface area (Å²) in [6.45, 7) is 1.94. The third-order valence-electron chi connectivity index (χ3n) is 1.44. The monoisotopic (exact) mass is 215 g/mol. The highest BCUT2D eigenvalue weighted by Gasteiger charge is 2.00. The molecule has 2 nitrogen and oxygen atoms in total. The van der Waals surface area contributed by atoms with E-state index in [1.165, 1.54) is 0 Å². The summed E-state index contributed by atoms with van der Waals surface area (Å²) in [4.78, 5) is 4.15. The minimum absolute atomic E-state index is 0.781. The van der Waals surface area contributed by atoms with Crippen LogP contribution in [0.25, 0.3) is 0 Å². The standard InChI is InChI=1S/C8H10BrNO/c1-6-3-8(11-2)7(4-9)5-10-6/h3,5H,4H2,1-2H3. The van der Waals surface area contributed by atoms with E-state index in [-0.39, 0.29) is 0 Å². The second-order valence-electron chi connectivity index (χ2n) is 2.27.